The van der Waals surface area contributed by atoms with E-state index in [1.54, 1.807) is 7.11 Å². The van der Waals surface area contributed by atoms with Crippen LogP contribution >= 0.6 is 7.59 Å². The molecule has 7 rings (SSSR count). The van der Waals surface area contributed by atoms with Gasteiger partial charge < -0.3 is 14.9 Å². The first kappa shape index (κ1) is 26.6. The lowest BCUT2D eigenvalue weighted by Gasteiger charge is -2.52. The number of fused-ring (bicyclic) bond motifs is 4. The largest absolute Gasteiger partial charge is 0.497 e. The molecule has 1 unspecified atom stereocenters. The van der Waals surface area contributed by atoms with E-state index in [0.29, 0.717) is 11.8 Å². The van der Waals surface area contributed by atoms with E-state index < -0.39 is 7.59 Å². The first-order valence-electron chi connectivity index (χ1n) is 13.9. The van der Waals surface area contributed by atoms with Crippen LogP contribution < -0.4 is 20.0 Å². The van der Waals surface area contributed by atoms with Crippen molar-refractivity contribution < 1.29 is 9.30 Å². The summed E-state index contributed by atoms with van der Waals surface area (Å²) >= 11 is 0. The number of pyridine rings is 1. The van der Waals surface area contributed by atoms with Crippen molar-refractivity contribution in [3.63, 3.8) is 0 Å². The molecular formula is C32H36N5O2P. The Morgan fingerprint density at radius 1 is 1.02 bits per heavy atom. The fourth-order valence-corrected chi connectivity index (χ4v) is 8.22. The second kappa shape index (κ2) is 11.5. The number of benzene rings is 3. The molecular weight excluding hydrogens is 517 g/mol. The van der Waals surface area contributed by atoms with Gasteiger partial charge in [-0.15, -0.1) is 6.58 Å². The Morgan fingerprint density at radius 3 is 2.33 bits per heavy atom. The molecule has 8 heteroatoms. The van der Waals surface area contributed by atoms with Crippen LogP contribution in [-0.2, 0) is 4.57 Å². The van der Waals surface area contributed by atoms with Gasteiger partial charge in [-0.3, -0.25) is 14.4 Å². The topological polar surface area (TPSA) is 78.5 Å². The number of methoxy groups -OCH3 is 1. The van der Waals surface area contributed by atoms with Gasteiger partial charge in [-0.2, -0.15) is 0 Å². The SMILES string of the molecule is C=C[C@H]1CN2CC[C@H]1C[C@@H]2[C@@H](NP(=O)(Nc1ccccc1)Nc1ccccc1)c1ccnc2ccc(OC)cc12. The maximum Gasteiger partial charge on any atom is 0.328 e. The number of aromatic nitrogens is 1. The Bertz CT molecular complexity index is 1470. The lowest BCUT2D eigenvalue weighted by molar-refractivity contribution is 0.00484. The van der Waals surface area contributed by atoms with Gasteiger partial charge in [0.25, 0.3) is 0 Å². The predicted molar refractivity (Wildman–Crippen MR) is 164 cm³/mol. The molecule has 3 fully saturated rings. The molecule has 2 bridgehead atoms. The van der Waals surface area contributed by atoms with E-state index in [2.05, 4.69) is 43.9 Å². The number of ether oxygens (including phenoxy) is 1. The Labute approximate surface area is 236 Å². The third-order valence-electron chi connectivity index (χ3n) is 8.30. The molecule has 40 heavy (non-hydrogen) atoms. The van der Waals surface area contributed by atoms with Crippen LogP contribution in [0.1, 0.15) is 24.4 Å². The van der Waals surface area contributed by atoms with Crippen LogP contribution in [-0.4, -0.2) is 36.1 Å². The van der Waals surface area contributed by atoms with Crippen molar-refractivity contribution in [2.24, 2.45) is 11.8 Å². The van der Waals surface area contributed by atoms with Crippen molar-refractivity contribution in [3.05, 3.63) is 109 Å². The molecule has 7 nitrogen and oxygen atoms in total. The Hall–Kier alpha value is -3.64. The smallest absolute Gasteiger partial charge is 0.328 e. The summed E-state index contributed by atoms with van der Waals surface area (Å²) in [5.74, 6) is 1.81. The van der Waals surface area contributed by atoms with E-state index in [1.165, 1.54) is 0 Å². The minimum absolute atomic E-state index is 0.148. The molecule has 3 aromatic carbocycles. The van der Waals surface area contributed by atoms with Gasteiger partial charge in [-0.1, -0.05) is 42.5 Å². The van der Waals surface area contributed by atoms with Gasteiger partial charge in [0.1, 0.15) is 5.75 Å². The van der Waals surface area contributed by atoms with Crippen LogP contribution in [0.25, 0.3) is 10.9 Å². The molecule has 5 atom stereocenters. The van der Waals surface area contributed by atoms with Gasteiger partial charge in [-0.25, -0.2) is 5.09 Å². The maximum atomic E-state index is 15.0. The van der Waals surface area contributed by atoms with Gasteiger partial charge in [0, 0.05) is 35.5 Å². The maximum absolute atomic E-state index is 15.0. The highest BCUT2D eigenvalue weighted by Crippen LogP contribution is 2.49. The first-order valence-corrected chi connectivity index (χ1v) is 15.6. The summed E-state index contributed by atoms with van der Waals surface area (Å²) in [6.07, 6.45) is 6.12. The molecule has 0 radical (unpaired) electrons. The number of hydrogen-bond donors (Lipinski definition) is 3. The van der Waals surface area contributed by atoms with Crippen LogP contribution in [0.3, 0.4) is 0 Å². The average molecular weight is 554 g/mol. The summed E-state index contributed by atoms with van der Waals surface area (Å²) in [5, 5.41) is 11.3. The van der Waals surface area contributed by atoms with Crippen molar-refractivity contribution in [3.8, 4) is 5.75 Å². The fourth-order valence-electron chi connectivity index (χ4n) is 6.31. The standard InChI is InChI=1S/C32H36N5O2P/c1-3-23-22-37-19-17-24(23)20-31(37)32(28-16-18-33-30-15-14-27(39-2)21-29(28)30)36-40(38,34-25-10-6-4-7-11-25)35-26-12-8-5-9-13-26/h3-16,18,21,23-24,31-32H,1,17,19-20,22H2,2H3,(H3,34,35,36,38)/t23-,24-,31+,32-/m0/s1. The van der Waals surface area contributed by atoms with Crippen molar-refractivity contribution in [2.45, 2.75) is 24.9 Å². The molecule has 3 saturated heterocycles. The summed E-state index contributed by atoms with van der Waals surface area (Å²) in [6.45, 7) is 6.10. The van der Waals surface area contributed by atoms with Gasteiger partial charge >= 0.3 is 7.59 Å². The molecule has 0 amide bonds. The highest BCUT2D eigenvalue weighted by atomic mass is 31.2. The quantitative estimate of drug-likeness (QED) is 0.143. The minimum Gasteiger partial charge on any atom is -0.497 e. The van der Waals surface area contributed by atoms with E-state index in [-0.39, 0.29) is 12.1 Å². The van der Waals surface area contributed by atoms with Crippen LogP contribution in [0.2, 0.25) is 0 Å². The van der Waals surface area contributed by atoms with Crippen molar-refractivity contribution in [1.82, 2.24) is 15.0 Å². The number of piperidine rings is 3. The third-order valence-corrected chi connectivity index (χ3v) is 10.1. The molecule has 4 aromatic rings. The summed E-state index contributed by atoms with van der Waals surface area (Å²) in [5.41, 5.74) is 3.49. The molecule has 0 aliphatic carbocycles. The monoisotopic (exact) mass is 553 g/mol. The molecule has 3 N–H and O–H groups in total. The van der Waals surface area contributed by atoms with Crippen molar-refractivity contribution >= 4 is 29.9 Å². The average Bonchev–Trinajstić information content (AvgIpc) is 3.00. The number of nitrogens with zero attached hydrogens (tertiary/aromatic N) is 2. The zero-order valence-electron chi connectivity index (χ0n) is 22.7. The van der Waals surface area contributed by atoms with Crippen LogP contribution in [0.5, 0.6) is 5.75 Å². The van der Waals surface area contributed by atoms with Crippen LogP contribution in [0.4, 0.5) is 11.4 Å². The molecule has 0 saturated carbocycles. The van der Waals surface area contributed by atoms with Gasteiger partial charge in [0.15, 0.2) is 0 Å². The van der Waals surface area contributed by atoms with E-state index in [9.17, 15) is 4.57 Å². The Balaban J connectivity index is 1.45. The van der Waals surface area contributed by atoms with E-state index in [0.717, 1.165) is 59.5 Å². The van der Waals surface area contributed by atoms with Gasteiger partial charge in [0.2, 0.25) is 0 Å². The van der Waals surface area contributed by atoms with Crippen LogP contribution in [0, 0.1) is 11.8 Å². The van der Waals surface area contributed by atoms with E-state index in [4.69, 9.17) is 4.74 Å². The number of anilines is 2. The Kier molecular flexibility index (Phi) is 7.61. The van der Waals surface area contributed by atoms with E-state index in [1.807, 2.05) is 85.1 Å². The number of hydrogen-bond acceptors (Lipinski definition) is 4. The number of nitrogens with one attached hydrogen (secondary N) is 3. The summed E-state index contributed by atoms with van der Waals surface area (Å²) in [6, 6.07) is 27.3. The zero-order valence-corrected chi connectivity index (χ0v) is 23.6. The van der Waals surface area contributed by atoms with Crippen molar-refractivity contribution in [1.29, 1.82) is 0 Å². The van der Waals surface area contributed by atoms with Gasteiger partial charge in [-0.05, 0) is 85.3 Å². The third kappa shape index (κ3) is 5.50. The normalized spacial score (nSPS) is 22.9. The predicted octanol–water partition coefficient (Wildman–Crippen LogP) is 7.10. The summed E-state index contributed by atoms with van der Waals surface area (Å²) in [4.78, 5) is 7.19. The summed E-state index contributed by atoms with van der Waals surface area (Å²) < 4.78 is 20.5. The van der Waals surface area contributed by atoms with Gasteiger partial charge in [0.05, 0.1) is 18.7 Å². The molecule has 4 heterocycles. The highest BCUT2D eigenvalue weighted by molar-refractivity contribution is 7.64. The second-order valence-electron chi connectivity index (χ2n) is 10.7. The van der Waals surface area contributed by atoms with Crippen molar-refractivity contribution in [2.75, 3.05) is 30.4 Å². The minimum atomic E-state index is -3.44. The molecule has 3 aliphatic rings. The Morgan fingerprint density at radius 2 is 1.73 bits per heavy atom. The molecule has 206 valence electrons. The number of para-hydroxylation sites is 2. The summed E-state index contributed by atoms with van der Waals surface area (Å²) in [7, 11) is -1.76. The second-order valence-corrected chi connectivity index (χ2v) is 12.6. The molecule has 3 aliphatic heterocycles. The lowest BCUT2D eigenvalue weighted by atomic mass is 9.73. The first-order chi connectivity index (χ1) is 19.5. The lowest BCUT2D eigenvalue weighted by Crippen LogP contribution is -2.56. The number of rotatable bonds is 10. The highest BCUT2D eigenvalue weighted by Gasteiger charge is 2.44. The van der Waals surface area contributed by atoms with Crippen LogP contribution in [0.15, 0.2) is 104 Å². The molecule has 0 spiro atoms. The van der Waals surface area contributed by atoms with E-state index >= 15 is 0 Å². The fraction of sp³-hybridized carbons (Fsp3) is 0.281. The molecule has 1 aromatic heterocycles. The zero-order chi connectivity index (χ0) is 27.5.